The fraction of sp³-hybridized carbons (Fsp3) is 0.313. The van der Waals surface area contributed by atoms with Crippen LogP contribution in [0.4, 0.5) is 0 Å². The molecule has 0 amide bonds. The number of aliphatic hydroxyl groups is 4. The first-order chi connectivity index (χ1) is 42.5. The number of carbonyl (C=O) groups excluding carboxylic acids is 4. The molecule has 0 aromatic heterocycles. The monoisotopic (exact) mass is 1190 g/mol. The van der Waals surface area contributed by atoms with Gasteiger partial charge in [-0.1, -0.05) is 164 Å². The first-order valence-electron chi connectivity index (χ1n) is 28.4. The number of benzene rings is 7. The molecule has 7 aromatic carbocycles. The predicted octanol–water partition coefficient (Wildman–Crippen LogP) is 6.56. The van der Waals surface area contributed by atoms with Crippen LogP contribution >= 0.6 is 0 Å². The molecule has 0 bridgehead atoms. The predicted molar refractivity (Wildman–Crippen MR) is 307 cm³/mol. The number of hydrogen-bond donors (Lipinski definition) is 4. The molecule has 0 saturated carbocycles. The molecule has 3 heterocycles. The smallest absolute Gasteiger partial charge is 0.338 e. The van der Waals surface area contributed by atoms with Gasteiger partial charge in [0.15, 0.2) is 31.1 Å². The van der Waals surface area contributed by atoms with Gasteiger partial charge in [0.05, 0.1) is 48.7 Å². The lowest BCUT2D eigenvalue weighted by Crippen LogP contribution is -2.68. The third-order valence-corrected chi connectivity index (χ3v) is 14.7. The van der Waals surface area contributed by atoms with Crippen molar-refractivity contribution in [3.63, 3.8) is 0 Å². The lowest BCUT2D eigenvalue weighted by Gasteiger charge is -2.50. The molecule has 3 saturated heterocycles. The molecular formula is C67H66O20. The summed E-state index contributed by atoms with van der Waals surface area (Å²) in [5.74, 6) is -3.60. The molecule has 7 aromatic rings. The maximum absolute atomic E-state index is 14.4. The zero-order valence-electron chi connectivity index (χ0n) is 46.9. The highest BCUT2D eigenvalue weighted by Gasteiger charge is 2.58. The Labute approximate surface area is 501 Å². The third-order valence-electron chi connectivity index (χ3n) is 14.7. The largest absolute Gasteiger partial charge is 0.459 e. The molecule has 0 aliphatic carbocycles. The fourth-order valence-corrected chi connectivity index (χ4v) is 10.2. The molecule has 0 unspecified atom stereocenters. The highest BCUT2D eigenvalue weighted by atomic mass is 16.8. The SMILES string of the molecule is O=C(OC[C@H]1O[C@@H](O[C@H]2[C@H](O[C@@H]3O[C@@H](CO)[C@@H](OCc4ccccc4)[C@@H](OCc4ccccc4)[C@@H]3OCc3ccccc3)[C@@H](OC(=O)c3ccccc3)[C@H](O)O[C@@H]2COC(=O)c2ccccc2)[C@H](OC(=O)c2ccccc2)[C@@H](O)[C@H]1O)c1ccccc1. The van der Waals surface area contributed by atoms with E-state index in [1.54, 1.807) is 72.8 Å². The van der Waals surface area contributed by atoms with Crippen LogP contribution in [-0.4, -0.2) is 156 Å². The summed E-state index contributed by atoms with van der Waals surface area (Å²) in [5.41, 5.74) is 2.65. The number of rotatable bonds is 24. The molecule has 454 valence electrons. The van der Waals surface area contributed by atoms with Crippen molar-refractivity contribution in [2.24, 2.45) is 0 Å². The third kappa shape index (κ3) is 16.1. The number of aliphatic hydroxyl groups excluding tert-OH is 4. The Hall–Kier alpha value is -8.06. The van der Waals surface area contributed by atoms with Crippen LogP contribution in [0.1, 0.15) is 58.1 Å². The Morgan fingerprint density at radius 2 is 0.701 bits per heavy atom. The van der Waals surface area contributed by atoms with Gasteiger partial charge in [0.2, 0.25) is 0 Å². The first kappa shape index (κ1) is 62.0. The lowest BCUT2D eigenvalue weighted by molar-refractivity contribution is -0.388. The van der Waals surface area contributed by atoms with Crippen molar-refractivity contribution in [1.29, 1.82) is 0 Å². The van der Waals surface area contributed by atoms with Crippen LogP contribution in [-0.2, 0) is 76.7 Å². The number of esters is 4. The van der Waals surface area contributed by atoms with Gasteiger partial charge in [0.25, 0.3) is 0 Å². The Bertz CT molecular complexity index is 3240. The van der Waals surface area contributed by atoms with Gasteiger partial charge >= 0.3 is 23.9 Å². The summed E-state index contributed by atoms with van der Waals surface area (Å²) < 4.78 is 77.4. The van der Waals surface area contributed by atoms with Crippen LogP contribution in [0.3, 0.4) is 0 Å². The molecule has 3 aliphatic rings. The van der Waals surface area contributed by atoms with Crippen LogP contribution < -0.4 is 0 Å². The summed E-state index contributed by atoms with van der Waals surface area (Å²) in [6.07, 6.45) is -25.3. The van der Waals surface area contributed by atoms with E-state index in [1.165, 1.54) is 48.5 Å². The van der Waals surface area contributed by atoms with E-state index < -0.39 is 136 Å². The lowest BCUT2D eigenvalue weighted by atomic mass is 9.95. The van der Waals surface area contributed by atoms with Crippen molar-refractivity contribution in [3.05, 3.63) is 251 Å². The normalized spacial score (nSPS) is 27.1. The summed E-state index contributed by atoms with van der Waals surface area (Å²) in [6, 6.07) is 59.3. The van der Waals surface area contributed by atoms with Crippen LogP contribution in [0.2, 0.25) is 0 Å². The molecule has 3 fully saturated rings. The van der Waals surface area contributed by atoms with Crippen LogP contribution in [0.5, 0.6) is 0 Å². The standard InChI is InChI=1S/C67H66O20/c68-36-49-54(76-37-42-22-8-1-9-23-42)57(77-38-43-24-10-2-11-25-43)60(78-39-44-26-12-3-13-27-44)67(82-49)87-58-55(51(41-80-62(72)46-30-16-5-17-31-46)81-65(75)59(58)85-64(74)48-34-20-7-21-35-48)86-66-56(84-63(73)47-32-18-6-19-33-47)53(70)52(69)50(83-66)40-79-61(71)45-28-14-4-15-29-45/h1-35,49-60,65-70,75H,36-41H2/t49-,50+,51+,52-,53-,54+,55+,56+,57+,58-,59+,60-,65+,66-,67-/m0/s1. The van der Waals surface area contributed by atoms with E-state index in [9.17, 15) is 39.6 Å². The Morgan fingerprint density at radius 1 is 0.345 bits per heavy atom. The van der Waals surface area contributed by atoms with E-state index in [-0.39, 0.29) is 42.1 Å². The van der Waals surface area contributed by atoms with Crippen molar-refractivity contribution >= 4 is 23.9 Å². The van der Waals surface area contributed by atoms with Crippen molar-refractivity contribution in [3.8, 4) is 0 Å². The van der Waals surface area contributed by atoms with Crippen molar-refractivity contribution in [2.45, 2.75) is 112 Å². The van der Waals surface area contributed by atoms with E-state index in [2.05, 4.69) is 0 Å². The molecule has 4 N–H and O–H groups in total. The molecular weight excluding hydrogens is 1120 g/mol. The maximum Gasteiger partial charge on any atom is 0.338 e. The molecule has 0 spiro atoms. The second-order valence-electron chi connectivity index (χ2n) is 20.7. The van der Waals surface area contributed by atoms with Gasteiger partial charge in [-0.2, -0.15) is 0 Å². The number of carbonyl (C=O) groups is 4. The van der Waals surface area contributed by atoms with Crippen LogP contribution in [0, 0.1) is 0 Å². The fourth-order valence-electron chi connectivity index (χ4n) is 10.2. The average Bonchev–Trinajstić information content (AvgIpc) is 1.76. The Morgan fingerprint density at radius 3 is 1.15 bits per heavy atom. The quantitative estimate of drug-likeness (QED) is 0.0369. The molecule has 10 rings (SSSR count). The minimum atomic E-state index is -2.12. The molecule has 15 atom stereocenters. The summed E-state index contributed by atoms with van der Waals surface area (Å²) in [5, 5.41) is 47.5. The summed E-state index contributed by atoms with van der Waals surface area (Å²) in [4.78, 5) is 55.6. The number of ether oxygens (including phenoxy) is 12. The van der Waals surface area contributed by atoms with E-state index in [4.69, 9.17) is 56.8 Å². The van der Waals surface area contributed by atoms with Crippen LogP contribution in [0.15, 0.2) is 212 Å². The van der Waals surface area contributed by atoms with Gasteiger partial charge in [0, 0.05) is 0 Å². The highest BCUT2D eigenvalue weighted by Crippen LogP contribution is 2.38. The van der Waals surface area contributed by atoms with E-state index in [0.29, 0.717) is 0 Å². The summed E-state index contributed by atoms with van der Waals surface area (Å²) in [6.45, 7) is -2.11. The van der Waals surface area contributed by atoms with Gasteiger partial charge in [-0.15, -0.1) is 0 Å². The van der Waals surface area contributed by atoms with Gasteiger partial charge in [-0.05, 0) is 65.2 Å². The van der Waals surface area contributed by atoms with Crippen molar-refractivity contribution in [2.75, 3.05) is 19.8 Å². The molecule has 20 heteroatoms. The molecule has 87 heavy (non-hydrogen) atoms. The topological polar surface area (TPSA) is 260 Å². The highest BCUT2D eigenvalue weighted by molar-refractivity contribution is 5.91. The van der Waals surface area contributed by atoms with Gasteiger partial charge in [-0.25, -0.2) is 19.2 Å². The van der Waals surface area contributed by atoms with E-state index in [0.717, 1.165) is 16.7 Å². The molecule has 3 aliphatic heterocycles. The van der Waals surface area contributed by atoms with Crippen LogP contribution in [0.25, 0.3) is 0 Å². The second kappa shape index (κ2) is 30.5. The number of hydrogen-bond acceptors (Lipinski definition) is 20. The molecule has 20 nitrogen and oxygen atoms in total. The first-order valence-corrected chi connectivity index (χ1v) is 28.4. The van der Waals surface area contributed by atoms with E-state index >= 15 is 0 Å². The second-order valence-corrected chi connectivity index (χ2v) is 20.7. The van der Waals surface area contributed by atoms with Crippen molar-refractivity contribution < 1.29 is 96.4 Å². The zero-order valence-corrected chi connectivity index (χ0v) is 46.9. The maximum atomic E-state index is 14.4. The van der Waals surface area contributed by atoms with Gasteiger partial charge < -0.3 is 77.3 Å². The minimum absolute atomic E-state index is 0.00122. The van der Waals surface area contributed by atoms with E-state index in [1.807, 2.05) is 91.0 Å². The summed E-state index contributed by atoms with van der Waals surface area (Å²) >= 11 is 0. The Kier molecular flexibility index (Phi) is 21.8. The molecule has 0 radical (unpaired) electrons. The summed E-state index contributed by atoms with van der Waals surface area (Å²) in [7, 11) is 0. The Balaban J connectivity index is 1.08. The zero-order chi connectivity index (χ0) is 60.5. The van der Waals surface area contributed by atoms with Gasteiger partial charge in [-0.3, -0.25) is 0 Å². The minimum Gasteiger partial charge on any atom is -0.459 e. The van der Waals surface area contributed by atoms with Gasteiger partial charge in [0.1, 0.15) is 74.3 Å². The van der Waals surface area contributed by atoms with Crippen molar-refractivity contribution in [1.82, 2.24) is 0 Å². The average molecular weight is 1190 g/mol.